The molecule has 0 radical (unpaired) electrons. The van der Waals surface area contributed by atoms with Gasteiger partial charge in [-0.2, -0.15) is 0 Å². The van der Waals surface area contributed by atoms with Gasteiger partial charge in [0.1, 0.15) is 0 Å². The molecule has 1 aliphatic rings. The first-order valence-electron chi connectivity index (χ1n) is 7.61. The number of amides is 2. The Morgan fingerprint density at radius 3 is 1.96 bits per heavy atom. The highest BCUT2D eigenvalue weighted by Crippen LogP contribution is 2.18. The molecule has 1 aromatic carbocycles. The summed E-state index contributed by atoms with van der Waals surface area (Å²) in [4.78, 5) is 31.4. The summed E-state index contributed by atoms with van der Waals surface area (Å²) in [7, 11) is 0. The van der Waals surface area contributed by atoms with E-state index in [1.165, 1.54) is 17.3 Å². The lowest BCUT2D eigenvalue weighted by Gasteiger charge is -2.34. The molecule has 2 heterocycles. The monoisotopic (exact) mass is 349 g/mol. The molecule has 0 atom stereocenters. The molecular weight excluding hydrogens is 335 g/mol. The molecule has 8 heteroatoms. The smallest absolute Gasteiger partial charge is 0.257 e. The number of piperazine rings is 1. The number of pyridine rings is 1. The second-order valence-corrected chi connectivity index (χ2v) is 5.54. The highest BCUT2D eigenvalue weighted by atomic mass is 19.2. The van der Waals surface area contributed by atoms with Crippen LogP contribution in [-0.4, -0.2) is 52.8 Å². The number of carbonyl (C=O) groups is 2. The molecule has 0 bridgehead atoms. The third-order valence-corrected chi connectivity index (χ3v) is 4.05. The molecular formula is C17H14F3N3O2. The normalized spacial score (nSPS) is 14.5. The van der Waals surface area contributed by atoms with Crippen LogP contribution in [0.1, 0.15) is 20.7 Å². The molecule has 0 spiro atoms. The molecule has 2 aromatic rings. The first kappa shape index (κ1) is 16.9. The van der Waals surface area contributed by atoms with E-state index < -0.39 is 28.9 Å². The molecule has 0 unspecified atom stereocenters. The maximum atomic E-state index is 13.8. The zero-order valence-electron chi connectivity index (χ0n) is 13.1. The first-order chi connectivity index (χ1) is 12.0. The third-order valence-electron chi connectivity index (χ3n) is 4.05. The van der Waals surface area contributed by atoms with Gasteiger partial charge in [0, 0.05) is 44.1 Å². The van der Waals surface area contributed by atoms with Gasteiger partial charge in [-0.15, -0.1) is 0 Å². The van der Waals surface area contributed by atoms with Crippen molar-refractivity contribution in [1.29, 1.82) is 0 Å². The molecule has 5 nitrogen and oxygen atoms in total. The van der Waals surface area contributed by atoms with Gasteiger partial charge in [-0.1, -0.05) is 0 Å². The molecule has 3 rings (SSSR count). The van der Waals surface area contributed by atoms with Crippen LogP contribution in [-0.2, 0) is 0 Å². The molecule has 1 aliphatic heterocycles. The van der Waals surface area contributed by atoms with Crippen LogP contribution in [0.5, 0.6) is 0 Å². The molecule has 1 saturated heterocycles. The van der Waals surface area contributed by atoms with Gasteiger partial charge in [0.25, 0.3) is 11.8 Å². The Morgan fingerprint density at radius 1 is 0.800 bits per heavy atom. The Balaban J connectivity index is 1.67. The van der Waals surface area contributed by atoms with E-state index in [2.05, 4.69) is 4.98 Å². The zero-order valence-corrected chi connectivity index (χ0v) is 13.1. The number of rotatable bonds is 2. The van der Waals surface area contributed by atoms with Gasteiger partial charge in [-0.3, -0.25) is 14.6 Å². The van der Waals surface area contributed by atoms with Crippen molar-refractivity contribution in [2.24, 2.45) is 0 Å². The van der Waals surface area contributed by atoms with Crippen molar-refractivity contribution in [2.45, 2.75) is 0 Å². The van der Waals surface area contributed by atoms with E-state index in [9.17, 15) is 22.8 Å². The fourth-order valence-corrected chi connectivity index (χ4v) is 2.65. The predicted octanol–water partition coefficient (Wildman–Crippen LogP) is 2.10. The summed E-state index contributed by atoms with van der Waals surface area (Å²) in [6.07, 6.45) is 3.03. The highest BCUT2D eigenvalue weighted by molar-refractivity contribution is 5.96. The summed E-state index contributed by atoms with van der Waals surface area (Å²) in [6, 6.07) is 4.83. The van der Waals surface area contributed by atoms with Crippen molar-refractivity contribution in [2.75, 3.05) is 26.2 Å². The average molecular weight is 349 g/mol. The number of aromatic nitrogens is 1. The molecule has 0 saturated carbocycles. The Morgan fingerprint density at radius 2 is 1.36 bits per heavy atom. The van der Waals surface area contributed by atoms with Gasteiger partial charge in [0.05, 0.1) is 5.56 Å². The SMILES string of the molecule is O=C(c1ccncc1)N1CCN(C(=O)c2ccc(F)c(F)c2F)CC1. The minimum Gasteiger partial charge on any atom is -0.335 e. The van der Waals surface area contributed by atoms with Gasteiger partial charge < -0.3 is 9.80 Å². The van der Waals surface area contributed by atoms with Crippen molar-refractivity contribution in [3.63, 3.8) is 0 Å². The second kappa shape index (κ2) is 6.92. The van der Waals surface area contributed by atoms with Crippen molar-refractivity contribution in [3.05, 3.63) is 65.2 Å². The standard InChI is InChI=1S/C17H14F3N3O2/c18-13-2-1-12(14(19)15(13)20)17(25)23-9-7-22(8-10-23)16(24)11-3-5-21-6-4-11/h1-6H,7-10H2. The fraction of sp³-hybridized carbons (Fsp3) is 0.235. The van der Waals surface area contributed by atoms with Crippen LogP contribution < -0.4 is 0 Å². The summed E-state index contributed by atoms with van der Waals surface area (Å²) in [5.41, 5.74) is -0.0331. The number of benzene rings is 1. The minimum atomic E-state index is -1.67. The Labute approximate surface area is 141 Å². The van der Waals surface area contributed by atoms with Crippen molar-refractivity contribution in [1.82, 2.24) is 14.8 Å². The summed E-state index contributed by atoms with van der Waals surface area (Å²) in [5, 5.41) is 0. The molecule has 130 valence electrons. The lowest BCUT2D eigenvalue weighted by atomic mass is 10.1. The average Bonchev–Trinajstić information content (AvgIpc) is 2.66. The van der Waals surface area contributed by atoms with Crippen molar-refractivity contribution < 1.29 is 22.8 Å². The van der Waals surface area contributed by atoms with Crippen molar-refractivity contribution >= 4 is 11.8 Å². The topological polar surface area (TPSA) is 53.5 Å². The van der Waals surface area contributed by atoms with Crippen molar-refractivity contribution in [3.8, 4) is 0 Å². The van der Waals surface area contributed by atoms with E-state index >= 15 is 0 Å². The minimum absolute atomic E-state index is 0.175. The summed E-state index contributed by atoms with van der Waals surface area (Å²) < 4.78 is 40.0. The molecule has 1 aromatic heterocycles. The van der Waals surface area contributed by atoms with Gasteiger partial charge in [0.2, 0.25) is 0 Å². The second-order valence-electron chi connectivity index (χ2n) is 5.54. The van der Waals surface area contributed by atoms with E-state index in [-0.39, 0.29) is 32.1 Å². The van der Waals surface area contributed by atoms with Crippen LogP contribution in [0.25, 0.3) is 0 Å². The lowest BCUT2D eigenvalue weighted by Crippen LogP contribution is -2.50. The van der Waals surface area contributed by atoms with Gasteiger partial charge >= 0.3 is 0 Å². The van der Waals surface area contributed by atoms with Gasteiger partial charge in [-0.05, 0) is 24.3 Å². The quantitative estimate of drug-likeness (QED) is 0.781. The van der Waals surface area contributed by atoms with E-state index in [0.717, 1.165) is 12.1 Å². The molecule has 1 fully saturated rings. The van der Waals surface area contributed by atoms with Crippen LogP contribution in [0.2, 0.25) is 0 Å². The molecule has 0 aliphatic carbocycles. The van der Waals surface area contributed by atoms with E-state index in [1.54, 1.807) is 17.0 Å². The Hall–Kier alpha value is -2.90. The number of nitrogens with zero attached hydrogens (tertiary/aromatic N) is 3. The van der Waals surface area contributed by atoms with Crippen LogP contribution in [0.3, 0.4) is 0 Å². The van der Waals surface area contributed by atoms with Crippen LogP contribution in [0.4, 0.5) is 13.2 Å². The Kier molecular flexibility index (Phi) is 4.69. The summed E-state index contributed by atoms with van der Waals surface area (Å²) in [5.74, 6) is -5.43. The summed E-state index contributed by atoms with van der Waals surface area (Å²) in [6.45, 7) is 0.874. The third kappa shape index (κ3) is 3.33. The van der Waals surface area contributed by atoms with E-state index in [0.29, 0.717) is 5.56 Å². The maximum absolute atomic E-state index is 13.8. The molecule has 0 N–H and O–H groups in total. The Bertz CT molecular complexity index is 806. The number of hydrogen-bond donors (Lipinski definition) is 0. The highest BCUT2D eigenvalue weighted by Gasteiger charge is 2.28. The van der Waals surface area contributed by atoms with Gasteiger partial charge in [0.15, 0.2) is 17.5 Å². The molecule has 25 heavy (non-hydrogen) atoms. The van der Waals surface area contributed by atoms with Crippen LogP contribution in [0.15, 0.2) is 36.7 Å². The fourth-order valence-electron chi connectivity index (χ4n) is 2.65. The maximum Gasteiger partial charge on any atom is 0.257 e. The lowest BCUT2D eigenvalue weighted by molar-refractivity contribution is 0.0532. The first-order valence-corrected chi connectivity index (χ1v) is 7.61. The van der Waals surface area contributed by atoms with Gasteiger partial charge in [-0.25, -0.2) is 13.2 Å². The predicted molar refractivity (Wildman–Crippen MR) is 82.4 cm³/mol. The van der Waals surface area contributed by atoms with Crippen LogP contribution >= 0.6 is 0 Å². The van der Waals surface area contributed by atoms with E-state index in [4.69, 9.17) is 0 Å². The molecule has 2 amide bonds. The summed E-state index contributed by atoms with van der Waals surface area (Å²) >= 11 is 0. The largest absolute Gasteiger partial charge is 0.335 e. The van der Waals surface area contributed by atoms with Crippen LogP contribution in [0, 0.1) is 17.5 Å². The number of carbonyl (C=O) groups excluding carboxylic acids is 2. The van der Waals surface area contributed by atoms with E-state index in [1.807, 2.05) is 0 Å². The zero-order chi connectivity index (χ0) is 18.0. The number of halogens is 3. The number of hydrogen-bond acceptors (Lipinski definition) is 3.